The summed E-state index contributed by atoms with van der Waals surface area (Å²) in [5.41, 5.74) is 8.16. The van der Waals surface area contributed by atoms with E-state index in [1.165, 1.54) is 14.2 Å². The van der Waals surface area contributed by atoms with Crippen LogP contribution < -0.4 is 10.6 Å². The molecule has 0 spiro atoms. The van der Waals surface area contributed by atoms with Gasteiger partial charge in [0.2, 0.25) is 5.82 Å². The SMILES string of the molecule is COC(=O)N(C)c1nc(-c2ccc(C)c(N)c2)no1. The average Bonchev–Trinajstić information content (AvgIpc) is 2.89. The molecule has 0 aliphatic rings. The van der Waals surface area contributed by atoms with E-state index in [-0.39, 0.29) is 6.01 Å². The number of aryl methyl sites for hydroxylation is 1. The van der Waals surface area contributed by atoms with Gasteiger partial charge in [-0.05, 0) is 18.6 Å². The molecule has 1 aromatic carbocycles. The monoisotopic (exact) mass is 262 g/mol. The molecule has 7 nitrogen and oxygen atoms in total. The Hall–Kier alpha value is -2.57. The number of nitrogens with zero attached hydrogens (tertiary/aromatic N) is 3. The van der Waals surface area contributed by atoms with Crippen molar-refractivity contribution in [1.29, 1.82) is 0 Å². The lowest BCUT2D eigenvalue weighted by molar-refractivity contribution is 0.178. The Balaban J connectivity index is 2.30. The summed E-state index contributed by atoms with van der Waals surface area (Å²) in [5.74, 6) is 0.359. The molecule has 100 valence electrons. The Morgan fingerprint density at radius 3 is 2.84 bits per heavy atom. The number of ether oxygens (including phenoxy) is 1. The van der Waals surface area contributed by atoms with Gasteiger partial charge in [-0.15, -0.1) is 0 Å². The van der Waals surface area contributed by atoms with E-state index in [9.17, 15) is 4.79 Å². The van der Waals surface area contributed by atoms with E-state index in [0.29, 0.717) is 11.5 Å². The minimum atomic E-state index is -0.585. The van der Waals surface area contributed by atoms with Crippen molar-refractivity contribution in [2.45, 2.75) is 6.92 Å². The highest BCUT2D eigenvalue weighted by atomic mass is 16.6. The fourth-order valence-corrected chi connectivity index (χ4v) is 1.46. The molecule has 0 atom stereocenters. The first-order valence-corrected chi connectivity index (χ1v) is 5.55. The summed E-state index contributed by atoms with van der Waals surface area (Å²) in [6, 6.07) is 5.51. The maximum Gasteiger partial charge on any atom is 0.417 e. The van der Waals surface area contributed by atoms with E-state index in [1.54, 1.807) is 6.07 Å². The first-order chi connectivity index (χ1) is 9.02. The van der Waals surface area contributed by atoms with Gasteiger partial charge in [-0.2, -0.15) is 4.98 Å². The molecule has 1 amide bonds. The Labute approximate surface area is 110 Å². The molecule has 2 N–H and O–H groups in total. The molecule has 0 saturated carbocycles. The topological polar surface area (TPSA) is 94.5 Å². The van der Waals surface area contributed by atoms with Gasteiger partial charge >= 0.3 is 12.1 Å². The van der Waals surface area contributed by atoms with E-state index < -0.39 is 6.09 Å². The smallest absolute Gasteiger partial charge is 0.417 e. The number of benzene rings is 1. The van der Waals surface area contributed by atoms with Crippen LogP contribution in [0.4, 0.5) is 16.5 Å². The Kier molecular flexibility index (Phi) is 3.37. The van der Waals surface area contributed by atoms with E-state index >= 15 is 0 Å². The summed E-state index contributed by atoms with van der Waals surface area (Å²) in [5, 5.41) is 3.80. The number of aromatic nitrogens is 2. The van der Waals surface area contributed by atoms with Crippen molar-refractivity contribution in [2.24, 2.45) is 0 Å². The van der Waals surface area contributed by atoms with Crippen LogP contribution in [0.1, 0.15) is 5.56 Å². The Morgan fingerprint density at radius 1 is 1.47 bits per heavy atom. The van der Waals surface area contributed by atoms with E-state index in [2.05, 4.69) is 14.9 Å². The normalized spacial score (nSPS) is 10.3. The number of nitrogen functional groups attached to an aromatic ring is 1. The van der Waals surface area contributed by atoms with Crippen LogP contribution in [-0.2, 0) is 4.74 Å². The Morgan fingerprint density at radius 2 is 2.21 bits per heavy atom. The molecule has 0 fully saturated rings. The second-order valence-corrected chi connectivity index (χ2v) is 4.00. The van der Waals surface area contributed by atoms with Gasteiger partial charge in [0.15, 0.2) is 0 Å². The van der Waals surface area contributed by atoms with Gasteiger partial charge in [-0.1, -0.05) is 17.3 Å². The lowest BCUT2D eigenvalue weighted by atomic mass is 10.1. The van der Waals surface area contributed by atoms with Crippen LogP contribution in [0.2, 0.25) is 0 Å². The zero-order chi connectivity index (χ0) is 14.0. The average molecular weight is 262 g/mol. The second kappa shape index (κ2) is 4.97. The summed E-state index contributed by atoms with van der Waals surface area (Å²) < 4.78 is 9.55. The van der Waals surface area contributed by atoms with Crippen molar-refractivity contribution < 1.29 is 14.1 Å². The first kappa shape index (κ1) is 12.9. The van der Waals surface area contributed by atoms with Gasteiger partial charge in [-0.25, -0.2) is 9.69 Å². The highest BCUT2D eigenvalue weighted by Gasteiger charge is 2.18. The number of amides is 1. The summed E-state index contributed by atoms with van der Waals surface area (Å²) in [6.07, 6.45) is -0.585. The lowest BCUT2D eigenvalue weighted by Crippen LogP contribution is -2.26. The molecule has 1 aromatic heterocycles. The third-order valence-electron chi connectivity index (χ3n) is 2.69. The zero-order valence-electron chi connectivity index (χ0n) is 10.9. The predicted molar refractivity (Wildman–Crippen MR) is 69.7 cm³/mol. The molecular weight excluding hydrogens is 248 g/mol. The quantitative estimate of drug-likeness (QED) is 0.829. The number of carbonyl (C=O) groups excluding carboxylic acids is 1. The molecule has 0 aliphatic heterocycles. The Bertz CT molecular complexity index is 609. The summed E-state index contributed by atoms with van der Waals surface area (Å²) >= 11 is 0. The molecule has 7 heteroatoms. The summed E-state index contributed by atoms with van der Waals surface area (Å²) in [4.78, 5) is 16.5. The van der Waals surface area contributed by atoms with Crippen LogP contribution in [0, 0.1) is 6.92 Å². The zero-order valence-corrected chi connectivity index (χ0v) is 10.9. The van der Waals surface area contributed by atoms with Crippen LogP contribution in [0.3, 0.4) is 0 Å². The van der Waals surface area contributed by atoms with Crippen LogP contribution >= 0.6 is 0 Å². The minimum Gasteiger partial charge on any atom is -0.452 e. The van der Waals surface area contributed by atoms with Crippen LogP contribution in [0.25, 0.3) is 11.4 Å². The number of nitrogens with two attached hydrogens (primary N) is 1. The number of methoxy groups -OCH3 is 1. The third-order valence-corrected chi connectivity index (χ3v) is 2.69. The van der Waals surface area contributed by atoms with Crippen molar-refractivity contribution in [3.63, 3.8) is 0 Å². The maximum absolute atomic E-state index is 11.3. The molecule has 0 radical (unpaired) electrons. The second-order valence-electron chi connectivity index (χ2n) is 4.00. The van der Waals surface area contributed by atoms with Crippen LogP contribution in [0.15, 0.2) is 22.7 Å². The molecule has 0 aliphatic carbocycles. The molecule has 0 saturated heterocycles. The third kappa shape index (κ3) is 2.49. The van der Waals surface area contributed by atoms with Gasteiger partial charge in [0.1, 0.15) is 0 Å². The summed E-state index contributed by atoms with van der Waals surface area (Å²) in [7, 11) is 2.75. The van der Waals surface area contributed by atoms with Gasteiger partial charge in [0, 0.05) is 18.3 Å². The van der Waals surface area contributed by atoms with Crippen molar-refractivity contribution in [1.82, 2.24) is 10.1 Å². The van der Waals surface area contributed by atoms with E-state index in [0.717, 1.165) is 16.0 Å². The number of hydrogen-bond donors (Lipinski definition) is 1. The van der Waals surface area contributed by atoms with Crippen molar-refractivity contribution in [3.05, 3.63) is 23.8 Å². The van der Waals surface area contributed by atoms with Crippen LogP contribution in [-0.4, -0.2) is 30.4 Å². The highest BCUT2D eigenvalue weighted by Crippen LogP contribution is 2.23. The maximum atomic E-state index is 11.3. The van der Waals surface area contributed by atoms with Gasteiger partial charge in [0.25, 0.3) is 0 Å². The molecule has 1 heterocycles. The van der Waals surface area contributed by atoms with Gasteiger partial charge in [0.05, 0.1) is 7.11 Å². The standard InChI is InChI=1S/C12H14N4O3/c1-7-4-5-8(6-9(7)13)10-14-11(19-15-10)16(2)12(17)18-3/h4-6H,13H2,1-3H3. The molecular formula is C12H14N4O3. The number of rotatable bonds is 2. The van der Waals surface area contributed by atoms with Gasteiger partial charge < -0.3 is 15.0 Å². The van der Waals surface area contributed by atoms with E-state index in [1.807, 2.05) is 19.1 Å². The van der Waals surface area contributed by atoms with Crippen molar-refractivity contribution >= 4 is 17.8 Å². The minimum absolute atomic E-state index is 0.0565. The van der Waals surface area contributed by atoms with E-state index in [4.69, 9.17) is 10.3 Å². The molecule has 2 aromatic rings. The first-order valence-electron chi connectivity index (χ1n) is 5.55. The van der Waals surface area contributed by atoms with Crippen LogP contribution in [0.5, 0.6) is 0 Å². The predicted octanol–water partition coefficient (Wildman–Crippen LogP) is 1.83. The van der Waals surface area contributed by atoms with Crippen molar-refractivity contribution in [2.75, 3.05) is 24.8 Å². The lowest BCUT2D eigenvalue weighted by Gasteiger charge is -2.08. The highest BCUT2D eigenvalue weighted by molar-refractivity contribution is 5.84. The van der Waals surface area contributed by atoms with Crippen molar-refractivity contribution in [3.8, 4) is 11.4 Å². The molecule has 0 bridgehead atoms. The molecule has 0 unspecified atom stereocenters. The number of anilines is 2. The molecule has 2 rings (SSSR count). The largest absolute Gasteiger partial charge is 0.452 e. The number of hydrogen-bond acceptors (Lipinski definition) is 6. The fraction of sp³-hybridized carbons (Fsp3) is 0.250. The van der Waals surface area contributed by atoms with Gasteiger partial charge in [-0.3, -0.25) is 0 Å². The molecule has 19 heavy (non-hydrogen) atoms. The number of carbonyl (C=O) groups is 1. The fourth-order valence-electron chi connectivity index (χ4n) is 1.46. The summed E-state index contributed by atoms with van der Waals surface area (Å²) in [6.45, 7) is 1.91.